The summed E-state index contributed by atoms with van der Waals surface area (Å²) < 4.78 is 4.93. The van der Waals surface area contributed by atoms with Gasteiger partial charge in [0.2, 0.25) is 11.8 Å². The van der Waals surface area contributed by atoms with Crippen molar-refractivity contribution >= 4 is 42.1 Å². The van der Waals surface area contributed by atoms with E-state index in [0.29, 0.717) is 22.6 Å². The highest BCUT2D eigenvalue weighted by molar-refractivity contribution is 7.80. The molecule has 2 aliphatic rings. The zero-order chi connectivity index (χ0) is 18.0. The van der Waals surface area contributed by atoms with Gasteiger partial charge < -0.3 is 9.64 Å². The van der Waals surface area contributed by atoms with Gasteiger partial charge in [-0.15, -0.1) is 0 Å². The van der Waals surface area contributed by atoms with Gasteiger partial charge in [-0.25, -0.2) is 4.79 Å². The number of nitrogens with zero attached hydrogens (tertiary/aromatic N) is 1. The molecule has 0 saturated carbocycles. The average molecular weight is 363 g/mol. The van der Waals surface area contributed by atoms with Crippen molar-refractivity contribution in [2.24, 2.45) is 0 Å². The van der Waals surface area contributed by atoms with Crippen molar-refractivity contribution in [3.05, 3.63) is 29.3 Å². The number of imide groups is 1. The second-order valence-electron chi connectivity index (χ2n) is 5.72. The van der Waals surface area contributed by atoms with Crippen molar-refractivity contribution in [1.29, 1.82) is 0 Å². The summed E-state index contributed by atoms with van der Waals surface area (Å²) in [4.78, 5) is 49.2. The van der Waals surface area contributed by atoms with Gasteiger partial charge in [-0.1, -0.05) is 6.07 Å². The second-order valence-corrected chi connectivity index (χ2v) is 6.16. The number of benzene rings is 1. The summed E-state index contributed by atoms with van der Waals surface area (Å²) in [5.41, 5.74) is 1.52. The van der Waals surface area contributed by atoms with Crippen LogP contribution in [-0.2, 0) is 20.9 Å². The Hall–Kier alpha value is -2.55. The summed E-state index contributed by atoms with van der Waals surface area (Å²) in [6.07, 6.45) is -0.149. The lowest BCUT2D eigenvalue weighted by atomic mass is 10.0. The van der Waals surface area contributed by atoms with E-state index in [1.54, 1.807) is 18.2 Å². The smallest absolute Gasteiger partial charge is 0.411 e. The molecule has 1 aromatic carbocycles. The summed E-state index contributed by atoms with van der Waals surface area (Å²) >= 11 is 3.97. The van der Waals surface area contributed by atoms with Crippen LogP contribution >= 0.6 is 12.6 Å². The summed E-state index contributed by atoms with van der Waals surface area (Å²) in [7, 11) is 0. The Morgan fingerprint density at radius 1 is 1.36 bits per heavy atom. The van der Waals surface area contributed by atoms with Crippen molar-refractivity contribution in [1.82, 2.24) is 10.2 Å². The molecule has 9 heteroatoms. The van der Waals surface area contributed by atoms with Gasteiger partial charge in [0.25, 0.3) is 5.91 Å². The van der Waals surface area contributed by atoms with Gasteiger partial charge in [0.15, 0.2) is 0 Å². The van der Waals surface area contributed by atoms with Crippen LogP contribution in [-0.4, -0.2) is 47.1 Å². The molecule has 0 bridgehead atoms. The lowest BCUT2D eigenvalue weighted by Crippen LogP contribution is -2.52. The first-order chi connectivity index (χ1) is 12.0. The van der Waals surface area contributed by atoms with Gasteiger partial charge in [0.1, 0.15) is 12.6 Å². The summed E-state index contributed by atoms with van der Waals surface area (Å²) in [6, 6.07) is 4.27. The number of ether oxygens (including phenoxy) is 1. The third-order valence-electron chi connectivity index (χ3n) is 4.14. The maximum Gasteiger partial charge on any atom is 0.411 e. The number of nitrogens with one attached hydrogen (secondary N) is 2. The number of hydrogen-bond acceptors (Lipinski definition) is 6. The number of carbonyl (C=O) groups excluding carboxylic acids is 4. The number of thiol groups is 1. The Morgan fingerprint density at radius 2 is 2.16 bits per heavy atom. The normalized spacial score (nSPS) is 19.5. The van der Waals surface area contributed by atoms with Crippen LogP contribution in [0.15, 0.2) is 18.2 Å². The number of fused-ring (bicyclic) bond motifs is 1. The number of rotatable bonds is 4. The monoisotopic (exact) mass is 363 g/mol. The first kappa shape index (κ1) is 17.3. The number of hydrogen-bond donors (Lipinski definition) is 3. The summed E-state index contributed by atoms with van der Waals surface area (Å²) in [5.74, 6) is -0.695. The molecule has 1 atom stereocenters. The molecule has 0 spiro atoms. The SMILES string of the molecule is O=C1CCC(N2Cc3c(NC(=O)OCCS)cccc3C2=O)C(=O)N1. The standard InChI is InChI=1S/C16H17N3O5S/c20-13-5-4-12(14(21)18-13)19-8-10-9(15(19)22)2-1-3-11(10)17-16(23)24-6-7-25/h1-3,12,25H,4-8H2,(H,17,23)(H,18,20,21). The topological polar surface area (TPSA) is 105 Å². The number of piperidine rings is 1. The molecule has 0 aromatic heterocycles. The fourth-order valence-electron chi connectivity index (χ4n) is 2.99. The Bertz CT molecular complexity index is 751. The van der Waals surface area contributed by atoms with Gasteiger partial charge in [-0.2, -0.15) is 12.6 Å². The molecule has 1 saturated heterocycles. The predicted octanol–water partition coefficient (Wildman–Crippen LogP) is 0.926. The van der Waals surface area contributed by atoms with Crippen LogP contribution in [0, 0.1) is 0 Å². The zero-order valence-electron chi connectivity index (χ0n) is 13.3. The number of amides is 4. The molecule has 4 amide bonds. The Morgan fingerprint density at radius 3 is 2.88 bits per heavy atom. The van der Waals surface area contributed by atoms with Crippen LogP contribution in [0.1, 0.15) is 28.8 Å². The molecular formula is C16H17N3O5S. The molecule has 0 aliphatic carbocycles. The molecular weight excluding hydrogens is 346 g/mol. The first-order valence-electron chi connectivity index (χ1n) is 7.82. The van der Waals surface area contributed by atoms with E-state index in [2.05, 4.69) is 23.3 Å². The maximum absolute atomic E-state index is 12.6. The van der Waals surface area contributed by atoms with Crippen LogP contribution in [0.4, 0.5) is 10.5 Å². The number of carbonyl (C=O) groups is 4. The van der Waals surface area contributed by atoms with E-state index in [4.69, 9.17) is 4.74 Å². The minimum atomic E-state index is -0.693. The lowest BCUT2D eigenvalue weighted by molar-refractivity contribution is -0.136. The largest absolute Gasteiger partial charge is 0.448 e. The van der Waals surface area contributed by atoms with E-state index in [1.165, 1.54) is 4.90 Å². The molecule has 1 aromatic rings. The summed E-state index contributed by atoms with van der Waals surface area (Å²) in [5, 5.41) is 4.87. The predicted molar refractivity (Wildman–Crippen MR) is 91.3 cm³/mol. The third-order valence-corrected chi connectivity index (χ3v) is 4.33. The van der Waals surface area contributed by atoms with Gasteiger partial charge in [-0.3, -0.25) is 25.0 Å². The highest BCUT2D eigenvalue weighted by Gasteiger charge is 2.39. The van der Waals surface area contributed by atoms with Crippen LogP contribution in [0.5, 0.6) is 0 Å². The minimum Gasteiger partial charge on any atom is -0.448 e. The second kappa shape index (κ2) is 7.14. The first-order valence-corrected chi connectivity index (χ1v) is 8.45. The minimum absolute atomic E-state index is 0.172. The summed E-state index contributed by atoms with van der Waals surface area (Å²) in [6.45, 7) is 0.356. The van der Waals surface area contributed by atoms with E-state index in [0.717, 1.165) is 0 Å². The van der Waals surface area contributed by atoms with E-state index in [1.807, 2.05) is 0 Å². The van der Waals surface area contributed by atoms with Crippen molar-refractivity contribution in [2.45, 2.75) is 25.4 Å². The molecule has 1 unspecified atom stereocenters. The van der Waals surface area contributed by atoms with Gasteiger partial charge in [-0.05, 0) is 18.6 Å². The molecule has 2 heterocycles. The van der Waals surface area contributed by atoms with Gasteiger partial charge in [0.05, 0.1) is 0 Å². The maximum atomic E-state index is 12.6. The highest BCUT2D eigenvalue weighted by Crippen LogP contribution is 2.32. The van der Waals surface area contributed by atoms with Gasteiger partial charge >= 0.3 is 6.09 Å². The fraction of sp³-hybridized carbons (Fsp3) is 0.375. The van der Waals surface area contributed by atoms with Gasteiger partial charge in [0, 0.05) is 35.5 Å². The molecule has 8 nitrogen and oxygen atoms in total. The quantitative estimate of drug-likeness (QED) is 0.545. The molecule has 2 N–H and O–H groups in total. The van der Waals surface area contributed by atoms with Crippen molar-refractivity contribution < 1.29 is 23.9 Å². The molecule has 0 radical (unpaired) electrons. The Kier molecular flexibility index (Phi) is 4.93. The van der Waals surface area contributed by atoms with Crippen molar-refractivity contribution in [2.75, 3.05) is 17.7 Å². The van der Waals surface area contributed by atoms with Crippen LogP contribution < -0.4 is 10.6 Å². The van der Waals surface area contributed by atoms with E-state index in [-0.39, 0.29) is 37.8 Å². The molecule has 3 rings (SSSR count). The van der Waals surface area contributed by atoms with E-state index in [9.17, 15) is 19.2 Å². The Labute approximate surface area is 149 Å². The molecule has 25 heavy (non-hydrogen) atoms. The number of anilines is 1. The Balaban J connectivity index is 1.79. The highest BCUT2D eigenvalue weighted by atomic mass is 32.1. The molecule has 1 fully saturated rings. The fourth-order valence-corrected chi connectivity index (χ4v) is 3.08. The van der Waals surface area contributed by atoms with E-state index >= 15 is 0 Å². The third kappa shape index (κ3) is 3.46. The molecule has 132 valence electrons. The lowest BCUT2D eigenvalue weighted by Gasteiger charge is -2.29. The van der Waals surface area contributed by atoms with Crippen LogP contribution in [0.3, 0.4) is 0 Å². The van der Waals surface area contributed by atoms with Crippen LogP contribution in [0.2, 0.25) is 0 Å². The van der Waals surface area contributed by atoms with E-state index < -0.39 is 18.0 Å². The zero-order valence-corrected chi connectivity index (χ0v) is 14.2. The van der Waals surface area contributed by atoms with Crippen LogP contribution in [0.25, 0.3) is 0 Å². The van der Waals surface area contributed by atoms with Crippen molar-refractivity contribution in [3.8, 4) is 0 Å². The average Bonchev–Trinajstić information content (AvgIpc) is 2.91. The molecule has 2 aliphatic heterocycles. The van der Waals surface area contributed by atoms with Crippen molar-refractivity contribution in [3.63, 3.8) is 0 Å².